The van der Waals surface area contributed by atoms with Gasteiger partial charge in [0.2, 0.25) is 0 Å². The van der Waals surface area contributed by atoms with Gasteiger partial charge in [0.15, 0.2) is 0 Å². The largest absolute Gasteiger partial charge is 0 e. The van der Waals surface area contributed by atoms with Gasteiger partial charge in [-0.3, -0.25) is 0 Å². The third-order valence-electron chi connectivity index (χ3n) is 0.173. The van der Waals surface area contributed by atoms with E-state index in [-0.39, 0.29) is 32.7 Å². The van der Waals surface area contributed by atoms with Crippen LogP contribution in [0.25, 0.3) is 0 Å². The molecule has 9 heavy (non-hydrogen) atoms. The third kappa shape index (κ3) is 12.6. The van der Waals surface area contributed by atoms with Crippen molar-refractivity contribution in [2.24, 2.45) is 0 Å². The van der Waals surface area contributed by atoms with Gasteiger partial charge in [-0.25, -0.2) is 0 Å². The van der Waals surface area contributed by atoms with Crippen molar-refractivity contribution in [1.29, 1.82) is 0 Å². The molecule has 0 saturated carbocycles. The van der Waals surface area contributed by atoms with E-state index in [1.807, 2.05) is 0 Å². The average molecular weight is 269 g/mol. The van der Waals surface area contributed by atoms with Crippen LogP contribution in [0.5, 0.6) is 0 Å². The molecule has 51 valence electrons. The van der Waals surface area contributed by atoms with E-state index in [0.717, 1.165) is 0 Å². The molecule has 0 aromatic heterocycles. The molecule has 0 atom stereocenters. The summed E-state index contributed by atoms with van der Waals surface area (Å²) in [5.74, 6) is 0. The fraction of sp³-hybridized carbons (Fsp3) is 0. The minimum absolute atomic E-state index is 0. The molecule has 9 heteroatoms. The zero-order chi connectivity index (χ0) is 6.78. The minimum atomic E-state index is -4.78. The SMILES string of the molecule is [O]=[V](=[O])[O]P(=O)(O)O.[Y]. The van der Waals surface area contributed by atoms with Crippen LogP contribution in [0.3, 0.4) is 0 Å². The Balaban J connectivity index is 0. The Labute approximate surface area is 80.5 Å². The van der Waals surface area contributed by atoms with Crippen LogP contribution in [0.1, 0.15) is 0 Å². The van der Waals surface area contributed by atoms with Crippen molar-refractivity contribution < 1.29 is 73.3 Å². The molecular weight excluding hydrogens is 267 g/mol. The summed E-state index contributed by atoms with van der Waals surface area (Å²) in [6, 6.07) is 0. The van der Waals surface area contributed by atoms with Crippen LogP contribution in [0.15, 0.2) is 0 Å². The smallest absolute Gasteiger partial charge is 0 e. The summed E-state index contributed by atoms with van der Waals surface area (Å²) in [6.45, 7) is 0. The van der Waals surface area contributed by atoms with Crippen molar-refractivity contribution in [3.05, 3.63) is 0 Å². The van der Waals surface area contributed by atoms with Crippen LogP contribution >= 0.6 is 7.82 Å². The first-order chi connectivity index (χ1) is 3.42. The van der Waals surface area contributed by atoms with Crippen LogP contribution in [0.2, 0.25) is 0 Å². The molecule has 1 radical (unpaired) electrons. The second-order valence-corrected chi connectivity index (χ2v) is 3.40. The van der Waals surface area contributed by atoms with Gasteiger partial charge in [-0.1, -0.05) is 0 Å². The molecular formula is H2O6PVY. The van der Waals surface area contributed by atoms with Gasteiger partial charge in [0.25, 0.3) is 0 Å². The molecule has 0 fully saturated rings. The van der Waals surface area contributed by atoms with Gasteiger partial charge in [-0.2, -0.15) is 0 Å². The topological polar surface area (TPSA) is 101 Å². The van der Waals surface area contributed by atoms with Crippen LogP contribution < -0.4 is 0 Å². The molecule has 0 saturated heterocycles. The van der Waals surface area contributed by atoms with Crippen molar-refractivity contribution in [2.75, 3.05) is 0 Å². The zero-order valence-electron chi connectivity index (χ0n) is 4.00. The summed E-state index contributed by atoms with van der Waals surface area (Å²) in [6.07, 6.45) is 0. The molecule has 0 aliphatic heterocycles. The van der Waals surface area contributed by atoms with E-state index in [2.05, 4.69) is 3.45 Å². The maximum Gasteiger partial charge on any atom is 0 e. The zero-order valence-corrected chi connectivity index (χ0v) is 9.13. The summed E-state index contributed by atoms with van der Waals surface area (Å²) in [5.41, 5.74) is 0. The van der Waals surface area contributed by atoms with E-state index >= 15 is 0 Å². The standard InChI is InChI=1S/H3O4P.2O.V.Y/c1-5(2,3)4;;;;/h(H3,1,2,3,4);;;;/q;;;+1;/p-1. The average Bonchev–Trinajstić information content (AvgIpc) is 1.21. The van der Waals surface area contributed by atoms with Gasteiger partial charge in [0.1, 0.15) is 0 Å². The molecule has 0 spiro atoms. The first-order valence-corrected chi connectivity index (χ1v) is 4.55. The molecule has 6 nitrogen and oxygen atoms in total. The second-order valence-electron chi connectivity index (χ2n) is 0.796. The molecule has 0 heterocycles. The molecule has 0 aliphatic rings. The van der Waals surface area contributed by atoms with Gasteiger partial charge in [-0.15, -0.1) is 0 Å². The summed E-state index contributed by atoms with van der Waals surface area (Å²) in [7, 11) is -4.78. The summed E-state index contributed by atoms with van der Waals surface area (Å²) in [4.78, 5) is 15.4. The molecule has 0 aliphatic carbocycles. The van der Waals surface area contributed by atoms with Gasteiger partial charge < -0.3 is 0 Å². The van der Waals surface area contributed by atoms with E-state index in [4.69, 9.17) is 9.79 Å². The predicted octanol–water partition coefficient (Wildman–Crippen LogP) is -0.683. The van der Waals surface area contributed by atoms with E-state index < -0.39 is 23.2 Å². The van der Waals surface area contributed by atoms with Crippen molar-refractivity contribution >= 4 is 7.82 Å². The van der Waals surface area contributed by atoms with E-state index in [9.17, 15) is 11.9 Å². The Morgan fingerprint density at radius 3 is 1.67 bits per heavy atom. The Kier molecular flexibility index (Phi) is 7.38. The maximum absolute atomic E-state index is 9.55. The molecule has 0 aromatic rings. The Morgan fingerprint density at radius 2 is 1.67 bits per heavy atom. The van der Waals surface area contributed by atoms with E-state index in [0.29, 0.717) is 0 Å². The van der Waals surface area contributed by atoms with Crippen molar-refractivity contribution in [3.63, 3.8) is 0 Å². The van der Waals surface area contributed by atoms with E-state index in [1.54, 1.807) is 0 Å². The molecule has 0 amide bonds. The van der Waals surface area contributed by atoms with Crippen molar-refractivity contribution in [2.45, 2.75) is 0 Å². The Bertz CT molecular complexity index is 167. The second kappa shape index (κ2) is 5.10. The molecule has 0 rings (SSSR count). The Hall–Kier alpha value is 1.40. The van der Waals surface area contributed by atoms with Crippen molar-refractivity contribution in [3.8, 4) is 0 Å². The van der Waals surface area contributed by atoms with Crippen LogP contribution in [0.4, 0.5) is 0 Å². The first kappa shape index (κ1) is 13.0. The van der Waals surface area contributed by atoms with E-state index in [1.165, 1.54) is 0 Å². The maximum atomic E-state index is 9.55. The summed E-state index contributed by atoms with van der Waals surface area (Å²) in [5, 5.41) is 0. The summed E-state index contributed by atoms with van der Waals surface area (Å²) < 4.78 is 31.5. The molecule has 0 bridgehead atoms. The van der Waals surface area contributed by atoms with Gasteiger partial charge >= 0.3 is 48.4 Å². The Morgan fingerprint density at radius 1 is 1.33 bits per heavy atom. The predicted molar refractivity (Wildman–Crippen MR) is 14.5 cm³/mol. The van der Waals surface area contributed by atoms with Crippen molar-refractivity contribution in [1.82, 2.24) is 0 Å². The monoisotopic (exact) mass is 269 g/mol. The molecule has 0 unspecified atom stereocenters. The summed E-state index contributed by atoms with van der Waals surface area (Å²) >= 11 is -4.12. The van der Waals surface area contributed by atoms with Gasteiger partial charge in [0.05, 0.1) is 0 Å². The van der Waals surface area contributed by atoms with Crippen LogP contribution in [0, 0.1) is 0 Å². The number of phosphoric acid groups is 1. The van der Waals surface area contributed by atoms with Crippen LogP contribution in [-0.2, 0) is 63.5 Å². The fourth-order valence-electron chi connectivity index (χ4n) is 0.0868. The quantitative estimate of drug-likeness (QED) is 0.644. The number of hydrogen-bond donors (Lipinski definition) is 2. The molecule has 2 N–H and O–H groups in total. The van der Waals surface area contributed by atoms with Gasteiger partial charge in [-0.05, 0) is 0 Å². The minimum Gasteiger partial charge on any atom is 0 e. The molecule has 0 aromatic carbocycles. The van der Waals surface area contributed by atoms with Crippen LogP contribution in [-0.4, -0.2) is 9.79 Å². The number of rotatable bonds is 2. The third-order valence-corrected chi connectivity index (χ3v) is 2.14. The normalized spacial score (nSPS) is 10.0. The first-order valence-electron chi connectivity index (χ1n) is 1.31. The number of hydrogen-bond acceptors (Lipinski definition) is 4. The fourth-order valence-corrected chi connectivity index (χ4v) is 1.07. The van der Waals surface area contributed by atoms with Gasteiger partial charge in [0, 0.05) is 32.7 Å².